The van der Waals surface area contributed by atoms with Gasteiger partial charge in [0, 0.05) is 25.7 Å². The van der Waals surface area contributed by atoms with Crippen LogP contribution in [0.2, 0.25) is 0 Å². The first kappa shape index (κ1) is 22.5. The number of alkyl halides is 2. The van der Waals surface area contributed by atoms with Crippen LogP contribution in [0.4, 0.5) is 13.2 Å². The number of ether oxygens (including phenoxy) is 1. The number of benzene rings is 2. The summed E-state index contributed by atoms with van der Waals surface area (Å²) < 4.78 is 67.8. The van der Waals surface area contributed by atoms with Crippen LogP contribution in [0, 0.1) is 12.7 Å². The lowest BCUT2D eigenvalue weighted by molar-refractivity contribution is -0.0504. The van der Waals surface area contributed by atoms with Crippen molar-refractivity contribution >= 4 is 15.8 Å². The third kappa shape index (κ3) is 6.67. The number of aliphatic imine (C=N–C) groups is 1. The number of nitrogens with one attached hydrogen (secondary N) is 2. The molecule has 0 bridgehead atoms. The van der Waals surface area contributed by atoms with Crippen LogP contribution in [0.3, 0.4) is 0 Å². The van der Waals surface area contributed by atoms with Crippen LogP contribution in [-0.4, -0.2) is 40.3 Å². The molecule has 0 unspecified atom stereocenters. The second-order valence-corrected chi connectivity index (χ2v) is 8.17. The largest absolute Gasteiger partial charge is 0.434 e. The molecule has 2 rings (SSSR count). The van der Waals surface area contributed by atoms with Crippen molar-refractivity contribution in [1.82, 2.24) is 10.6 Å². The van der Waals surface area contributed by atoms with Crippen molar-refractivity contribution in [2.24, 2.45) is 4.99 Å². The highest BCUT2D eigenvalue weighted by Crippen LogP contribution is 2.22. The minimum atomic E-state index is -3.81. The Bertz CT molecular complexity index is 966. The Hall–Kier alpha value is -2.75. The highest BCUT2D eigenvalue weighted by Gasteiger charge is 2.18. The molecule has 0 spiro atoms. The highest BCUT2D eigenvalue weighted by atomic mass is 32.2. The lowest BCUT2D eigenvalue weighted by Gasteiger charge is -2.15. The first-order valence-electron chi connectivity index (χ1n) is 8.69. The van der Waals surface area contributed by atoms with Crippen LogP contribution < -0.4 is 15.4 Å². The maximum Gasteiger partial charge on any atom is 0.387 e. The average Bonchev–Trinajstić information content (AvgIpc) is 2.66. The van der Waals surface area contributed by atoms with Gasteiger partial charge in [0.15, 0.2) is 15.8 Å². The molecule has 10 heteroatoms. The Kier molecular flexibility index (Phi) is 7.89. The molecule has 0 aliphatic carbocycles. The SMILES string of the molecule is CN=C(NCCS(=O)(=O)c1ccccc1F)NCc1cc(C)ccc1OC(F)F. The number of hydrogen-bond donors (Lipinski definition) is 2. The summed E-state index contributed by atoms with van der Waals surface area (Å²) in [6.07, 6.45) is 0. The second kappa shape index (κ2) is 10.1. The van der Waals surface area contributed by atoms with Crippen molar-refractivity contribution in [3.05, 3.63) is 59.4 Å². The highest BCUT2D eigenvalue weighted by molar-refractivity contribution is 7.91. The van der Waals surface area contributed by atoms with E-state index in [1.807, 2.05) is 6.92 Å². The molecule has 29 heavy (non-hydrogen) atoms. The molecule has 0 aromatic heterocycles. The molecular formula is C19H22F3N3O3S. The summed E-state index contributed by atoms with van der Waals surface area (Å²) >= 11 is 0. The minimum absolute atomic E-state index is 0.0233. The zero-order valence-electron chi connectivity index (χ0n) is 16.0. The quantitative estimate of drug-likeness (QED) is 0.498. The summed E-state index contributed by atoms with van der Waals surface area (Å²) in [5, 5.41) is 5.72. The third-order valence-electron chi connectivity index (χ3n) is 3.94. The van der Waals surface area contributed by atoms with E-state index in [4.69, 9.17) is 0 Å². The predicted octanol–water partition coefficient (Wildman–Crippen LogP) is 2.87. The lowest BCUT2D eigenvalue weighted by atomic mass is 10.1. The predicted molar refractivity (Wildman–Crippen MR) is 104 cm³/mol. The molecule has 158 valence electrons. The topological polar surface area (TPSA) is 79.8 Å². The second-order valence-electron chi connectivity index (χ2n) is 6.09. The maximum atomic E-state index is 13.7. The standard InChI is InChI=1S/C19H22F3N3O3S/c1-13-7-8-16(28-18(21)22)14(11-13)12-25-19(23-2)24-9-10-29(26,27)17-6-4-3-5-15(17)20/h3-8,11,18H,9-10,12H2,1-2H3,(H2,23,24,25). The molecule has 0 heterocycles. The molecular weight excluding hydrogens is 407 g/mol. The first-order valence-corrected chi connectivity index (χ1v) is 10.3. The van der Waals surface area contributed by atoms with Crippen molar-refractivity contribution in [2.45, 2.75) is 25.0 Å². The molecule has 2 aromatic rings. The van der Waals surface area contributed by atoms with Gasteiger partial charge in [-0.2, -0.15) is 8.78 Å². The number of aryl methyl sites for hydroxylation is 1. The molecule has 0 saturated heterocycles. The van der Waals surface area contributed by atoms with Crippen molar-refractivity contribution in [3.8, 4) is 5.75 Å². The van der Waals surface area contributed by atoms with E-state index in [0.717, 1.165) is 11.6 Å². The van der Waals surface area contributed by atoms with Gasteiger partial charge in [-0.25, -0.2) is 12.8 Å². The monoisotopic (exact) mass is 429 g/mol. The van der Waals surface area contributed by atoms with Crippen molar-refractivity contribution in [2.75, 3.05) is 19.3 Å². The van der Waals surface area contributed by atoms with E-state index >= 15 is 0 Å². The normalized spacial score (nSPS) is 12.1. The molecule has 0 radical (unpaired) electrons. The Labute approximate surface area is 167 Å². The fourth-order valence-electron chi connectivity index (χ4n) is 2.57. The summed E-state index contributed by atoms with van der Waals surface area (Å²) in [6.45, 7) is -1.03. The minimum Gasteiger partial charge on any atom is -0.434 e. The van der Waals surface area contributed by atoms with Gasteiger partial charge in [-0.1, -0.05) is 29.8 Å². The van der Waals surface area contributed by atoms with Crippen LogP contribution in [0.1, 0.15) is 11.1 Å². The van der Waals surface area contributed by atoms with Gasteiger partial charge in [0.05, 0.1) is 5.75 Å². The smallest absolute Gasteiger partial charge is 0.387 e. The summed E-state index contributed by atoms with van der Waals surface area (Å²) in [4.78, 5) is 3.60. The molecule has 6 nitrogen and oxygen atoms in total. The molecule has 2 aromatic carbocycles. The Balaban J connectivity index is 1.95. The number of rotatable bonds is 8. The fourth-order valence-corrected chi connectivity index (χ4v) is 3.81. The van der Waals surface area contributed by atoms with E-state index in [1.54, 1.807) is 12.1 Å². The van der Waals surface area contributed by atoms with E-state index in [9.17, 15) is 21.6 Å². The van der Waals surface area contributed by atoms with E-state index in [0.29, 0.717) is 5.56 Å². The maximum absolute atomic E-state index is 13.7. The number of hydrogen-bond acceptors (Lipinski definition) is 4. The van der Waals surface area contributed by atoms with E-state index in [-0.39, 0.29) is 35.4 Å². The van der Waals surface area contributed by atoms with Crippen LogP contribution in [0.25, 0.3) is 0 Å². The van der Waals surface area contributed by atoms with Crippen LogP contribution in [-0.2, 0) is 16.4 Å². The van der Waals surface area contributed by atoms with Crippen molar-refractivity contribution in [3.63, 3.8) is 0 Å². The number of halogens is 3. The summed E-state index contributed by atoms with van der Waals surface area (Å²) in [7, 11) is -2.33. The molecule has 0 fully saturated rings. The van der Waals surface area contributed by atoms with Crippen LogP contribution >= 0.6 is 0 Å². The molecule has 2 N–H and O–H groups in total. The van der Waals surface area contributed by atoms with Crippen LogP contribution in [0.15, 0.2) is 52.4 Å². The molecule has 0 saturated carbocycles. The average molecular weight is 429 g/mol. The molecule has 0 atom stereocenters. The van der Waals surface area contributed by atoms with Gasteiger partial charge < -0.3 is 15.4 Å². The van der Waals surface area contributed by atoms with E-state index < -0.39 is 22.3 Å². The van der Waals surface area contributed by atoms with Crippen molar-refractivity contribution in [1.29, 1.82) is 0 Å². The zero-order valence-corrected chi connectivity index (χ0v) is 16.8. The van der Waals surface area contributed by atoms with Gasteiger partial charge in [-0.3, -0.25) is 4.99 Å². The molecule has 0 aliphatic heterocycles. The fraction of sp³-hybridized carbons (Fsp3) is 0.316. The lowest BCUT2D eigenvalue weighted by Crippen LogP contribution is -2.39. The van der Waals surface area contributed by atoms with Crippen molar-refractivity contribution < 1.29 is 26.3 Å². The Morgan fingerprint density at radius 3 is 2.55 bits per heavy atom. The van der Waals surface area contributed by atoms with Gasteiger partial charge in [0.2, 0.25) is 0 Å². The van der Waals surface area contributed by atoms with Gasteiger partial charge in [0.1, 0.15) is 16.5 Å². The zero-order chi connectivity index (χ0) is 21.4. The Morgan fingerprint density at radius 1 is 1.17 bits per heavy atom. The number of sulfone groups is 1. The van der Waals surface area contributed by atoms with E-state index in [2.05, 4.69) is 20.4 Å². The summed E-state index contributed by atoms with van der Waals surface area (Å²) in [6, 6.07) is 9.96. The number of nitrogens with zero attached hydrogens (tertiary/aromatic N) is 1. The van der Waals surface area contributed by atoms with Crippen LogP contribution in [0.5, 0.6) is 5.75 Å². The van der Waals surface area contributed by atoms with Gasteiger partial charge >= 0.3 is 6.61 Å². The third-order valence-corrected chi connectivity index (χ3v) is 5.68. The van der Waals surface area contributed by atoms with Gasteiger partial charge in [-0.05, 0) is 25.1 Å². The number of guanidine groups is 1. The van der Waals surface area contributed by atoms with Gasteiger partial charge in [0.25, 0.3) is 0 Å². The summed E-state index contributed by atoms with van der Waals surface area (Å²) in [5.41, 5.74) is 1.36. The summed E-state index contributed by atoms with van der Waals surface area (Å²) in [5.74, 6) is -0.853. The molecule has 0 amide bonds. The van der Waals surface area contributed by atoms with Gasteiger partial charge in [-0.15, -0.1) is 0 Å². The first-order chi connectivity index (χ1) is 13.7. The molecule has 0 aliphatic rings. The van der Waals surface area contributed by atoms with E-state index in [1.165, 1.54) is 31.3 Å². The Morgan fingerprint density at radius 2 is 1.90 bits per heavy atom.